The van der Waals surface area contributed by atoms with Gasteiger partial charge in [0.2, 0.25) is 0 Å². The Morgan fingerprint density at radius 2 is 2.08 bits per heavy atom. The molecule has 0 saturated carbocycles. The summed E-state index contributed by atoms with van der Waals surface area (Å²) in [5.74, 6) is 0.966. The van der Waals surface area contributed by atoms with E-state index in [0.717, 1.165) is 12.2 Å². The van der Waals surface area contributed by atoms with E-state index in [2.05, 4.69) is 18.7 Å². The maximum absolute atomic E-state index is 5.22. The Kier molecular flexibility index (Phi) is 3.11. The molecule has 0 radical (unpaired) electrons. The summed E-state index contributed by atoms with van der Waals surface area (Å²) in [6.07, 6.45) is 0.976. The molecule has 0 saturated heterocycles. The summed E-state index contributed by atoms with van der Waals surface area (Å²) in [6, 6.07) is 8.51. The molecule has 1 atom stereocenters. The van der Waals surface area contributed by atoms with Gasteiger partial charge in [0, 0.05) is 6.42 Å². The number of quaternary nitrogens is 1. The number of methoxy groups -OCH3 is 1. The first kappa shape index (κ1) is 9.07. The lowest BCUT2D eigenvalue weighted by atomic mass is 10.1. The predicted octanol–water partition coefficient (Wildman–Crippen LogP) is 0.868. The highest BCUT2D eigenvalue weighted by molar-refractivity contribution is 5.33. The first-order valence-corrected chi connectivity index (χ1v) is 4.19. The summed E-state index contributed by atoms with van der Waals surface area (Å²) in [4.78, 5) is 0. The highest BCUT2D eigenvalue weighted by Crippen LogP contribution is 2.17. The van der Waals surface area contributed by atoms with Crippen molar-refractivity contribution in [3.63, 3.8) is 0 Å². The van der Waals surface area contributed by atoms with E-state index in [1.54, 1.807) is 7.11 Å². The fourth-order valence-electron chi connectivity index (χ4n) is 1.25. The number of hydrogen-bond acceptors (Lipinski definition) is 1. The zero-order valence-corrected chi connectivity index (χ0v) is 7.71. The molecule has 2 nitrogen and oxygen atoms in total. The number of para-hydroxylation sites is 1. The van der Waals surface area contributed by atoms with Gasteiger partial charge in [-0.1, -0.05) is 18.2 Å². The molecule has 0 aliphatic heterocycles. The van der Waals surface area contributed by atoms with Gasteiger partial charge in [-0.25, -0.2) is 0 Å². The summed E-state index contributed by atoms with van der Waals surface area (Å²) in [6.45, 7) is 2.10. The number of benzene rings is 1. The molecule has 0 aliphatic carbocycles. The number of hydrogen-bond donors (Lipinski definition) is 1. The molecule has 66 valence electrons. The van der Waals surface area contributed by atoms with E-state index in [1.807, 2.05) is 18.2 Å². The second-order valence-corrected chi connectivity index (χ2v) is 3.12. The monoisotopic (exact) mass is 166 g/mol. The summed E-state index contributed by atoms with van der Waals surface area (Å²) < 4.78 is 5.22. The molecule has 1 aromatic carbocycles. The third-order valence-electron chi connectivity index (χ3n) is 1.76. The fraction of sp³-hybridized carbons (Fsp3) is 0.400. The average Bonchev–Trinajstić information content (AvgIpc) is 2.04. The predicted molar refractivity (Wildman–Crippen MR) is 49.0 cm³/mol. The highest BCUT2D eigenvalue weighted by Gasteiger charge is 2.05. The highest BCUT2D eigenvalue weighted by atomic mass is 16.5. The minimum Gasteiger partial charge on any atom is -0.496 e. The van der Waals surface area contributed by atoms with Crippen LogP contribution >= 0.6 is 0 Å². The lowest BCUT2D eigenvalue weighted by Crippen LogP contribution is -2.60. The Morgan fingerprint density at radius 1 is 1.42 bits per heavy atom. The molecule has 1 rings (SSSR count). The van der Waals surface area contributed by atoms with Crippen molar-refractivity contribution < 1.29 is 10.5 Å². The van der Waals surface area contributed by atoms with Gasteiger partial charge >= 0.3 is 0 Å². The van der Waals surface area contributed by atoms with Gasteiger partial charge in [0.25, 0.3) is 0 Å². The fourth-order valence-corrected chi connectivity index (χ4v) is 1.25. The van der Waals surface area contributed by atoms with E-state index in [9.17, 15) is 0 Å². The Balaban J connectivity index is 2.82. The normalized spacial score (nSPS) is 12.6. The van der Waals surface area contributed by atoms with Crippen molar-refractivity contribution in [3.05, 3.63) is 29.8 Å². The lowest BCUT2D eigenvalue weighted by molar-refractivity contribution is -0.413. The van der Waals surface area contributed by atoms with Gasteiger partial charge in [0.05, 0.1) is 13.2 Å². The molecule has 0 amide bonds. The van der Waals surface area contributed by atoms with Crippen molar-refractivity contribution in [2.45, 2.75) is 19.4 Å². The molecule has 0 heterocycles. The van der Waals surface area contributed by atoms with E-state index >= 15 is 0 Å². The van der Waals surface area contributed by atoms with Crippen molar-refractivity contribution in [2.75, 3.05) is 7.11 Å². The maximum Gasteiger partial charge on any atom is 0.122 e. The molecule has 0 bridgehead atoms. The minimum absolute atomic E-state index is 0.432. The van der Waals surface area contributed by atoms with Crippen molar-refractivity contribution >= 4 is 0 Å². The second-order valence-electron chi connectivity index (χ2n) is 3.12. The van der Waals surface area contributed by atoms with E-state index in [0.29, 0.717) is 6.04 Å². The van der Waals surface area contributed by atoms with Crippen LogP contribution in [0.5, 0.6) is 5.75 Å². The van der Waals surface area contributed by atoms with Crippen LogP contribution in [-0.4, -0.2) is 13.2 Å². The Labute approximate surface area is 73.3 Å². The first-order valence-electron chi connectivity index (χ1n) is 4.19. The molecule has 1 aromatic rings. The SMILES string of the molecule is COc1ccccc1C[C@H](C)[NH3+]. The Morgan fingerprint density at radius 3 is 2.67 bits per heavy atom. The third-order valence-corrected chi connectivity index (χ3v) is 1.76. The van der Waals surface area contributed by atoms with E-state index in [-0.39, 0.29) is 0 Å². The smallest absolute Gasteiger partial charge is 0.122 e. The molecule has 3 N–H and O–H groups in total. The third kappa shape index (κ3) is 2.24. The molecular weight excluding hydrogens is 150 g/mol. The van der Waals surface area contributed by atoms with Gasteiger partial charge in [-0.3, -0.25) is 0 Å². The summed E-state index contributed by atoms with van der Waals surface area (Å²) >= 11 is 0. The summed E-state index contributed by atoms with van der Waals surface area (Å²) in [7, 11) is 1.70. The topological polar surface area (TPSA) is 36.9 Å². The molecule has 0 unspecified atom stereocenters. The van der Waals surface area contributed by atoms with Crippen molar-refractivity contribution in [1.82, 2.24) is 0 Å². The van der Waals surface area contributed by atoms with E-state index in [1.165, 1.54) is 5.56 Å². The Hall–Kier alpha value is -1.02. The number of ether oxygens (including phenoxy) is 1. The largest absolute Gasteiger partial charge is 0.496 e. The minimum atomic E-state index is 0.432. The van der Waals surface area contributed by atoms with Gasteiger partial charge in [-0.05, 0) is 18.6 Å². The maximum atomic E-state index is 5.22. The van der Waals surface area contributed by atoms with Crippen LogP contribution in [0.1, 0.15) is 12.5 Å². The summed E-state index contributed by atoms with van der Waals surface area (Å²) in [5, 5.41) is 0. The van der Waals surface area contributed by atoms with Crippen molar-refractivity contribution in [3.8, 4) is 5.75 Å². The zero-order chi connectivity index (χ0) is 8.97. The van der Waals surface area contributed by atoms with Crippen molar-refractivity contribution in [2.24, 2.45) is 0 Å². The Bertz CT molecular complexity index is 245. The molecule has 12 heavy (non-hydrogen) atoms. The van der Waals surface area contributed by atoms with Crippen molar-refractivity contribution in [1.29, 1.82) is 0 Å². The average molecular weight is 166 g/mol. The lowest BCUT2D eigenvalue weighted by Gasteiger charge is -2.07. The van der Waals surface area contributed by atoms with E-state index < -0.39 is 0 Å². The van der Waals surface area contributed by atoms with Gasteiger partial charge in [-0.15, -0.1) is 0 Å². The van der Waals surface area contributed by atoms with Gasteiger partial charge < -0.3 is 10.5 Å². The molecule has 0 aromatic heterocycles. The second kappa shape index (κ2) is 4.12. The molecule has 0 spiro atoms. The van der Waals surface area contributed by atoms with Crippen LogP contribution in [0.15, 0.2) is 24.3 Å². The van der Waals surface area contributed by atoms with E-state index in [4.69, 9.17) is 4.74 Å². The van der Waals surface area contributed by atoms with Crippen LogP contribution in [0.2, 0.25) is 0 Å². The van der Waals surface area contributed by atoms with Crippen LogP contribution in [0.4, 0.5) is 0 Å². The zero-order valence-electron chi connectivity index (χ0n) is 7.71. The molecule has 0 fully saturated rings. The van der Waals surface area contributed by atoms with Crippen LogP contribution < -0.4 is 10.5 Å². The van der Waals surface area contributed by atoms with Gasteiger partial charge in [0.1, 0.15) is 5.75 Å². The summed E-state index contributed by atoms with van der Waals surface area (Å²) in [5.41, 5.74) is 5.19. The molecule has 0 aliphatic rings. The quantitative estimate of drug-likeness (QED) is 0.710. The van der Waals surface area contributed by atoms with Gasteiger partial charge in [-0.2, -0.15) is 0 Å². The molecule has 2 heteroatoms. The van der Waals surface area contributed by atoms with Crippen LogP contribution in [0.25, 0.3) is 0 Å². The number of rotatable bonds is 3. The van der Waals surface area contributed by atoms with Gasteiger partial charge in [0.15, 0.2) is 0 Å². The molecular formula is C10H16NO+. The van der Waals surface area contributed by atoms with Crippen LogP contribution in [-0.2, 0) is 6.42 Å². The van der Waals surface area contributed by atoms with Crippen LogP contribution in [0.3, 0.4) is 0 Å². The van der Waals surface area contributed by atoms with Crippen LogP contribution in [0, 0.1) is 0 Å². The standard InChI is InChI=1S/C10H15NO/c1-8(11)7-9-5-3-4-6-10(9)12-2/h3-6,8H,7,11H2,1-2H3/p+1/t8-/m0/s1. The first-order chi connectivity index (χ1) is 5.74.